The minimum absolute atomic E-state index is 0.337. The van der Waals surface area contributed by atoms with Crippen LogP contribution >= 0.6 is 0 Å². The van der Waals surface area contributed by atoms with E-state index in [1.807, 2.05) is 24.4 Å². The topological polar surface area (TPSA) is 37.3 Å². The van der Waals surface area contributed by atoms with Crippen molar-refractivity contribution in [2.45, 2.75) is 6.04 Å². The highest BCUT2D eigenvalue weighted by molar-refractivity contribution is 5.81. The number of benzene rings is 3. The molecule has 0 N–H and O–H groups in total. The molecule has 0 radical (unpaired) electrons. The van der Waals surface area contributed by atoms with Crippen LogP contribution in [0.5, 0.6) is 11.5 Å². The van der Waals surface area contributed by atoms with Crippen molar-refractivity contribution < 1.29 is 9.47 Å². The molecule has 3 aromatic rings. The average molecular weight is 414 g/mol. The van der Waals surface area contributed by atoms with Gasteiger partial charge in [0.25, 0.3) is 0 Å². The molecular weight excluding hydrogens is 386 g/mol. The molecule has 1 aliphatic heterocycles. The summed E-state index contributed by atoms with van der Waals surface area (Å²) in [5.74, 6) is 1.44. The van der Waals surface area contributed by atoms with Gasteiger partial charge >= 0.3 is 0 Å². The van der Waals surface area contributed by atoms with E-state index in [-0.39, 0.29) is 0 Å². The summed E-state index contributed by atoms with van der Waals surface area (Å²) in [6.07, 6.45) is 1.90. The van der Waals surface area contributed by atoms with Crippen molar-refractivity contribution in [3.8, 4) is 22.6 Å². The SMILES string of the molecule is COc1ccc(/C=N\N2CCN(C3c4ccccc4-c4ccccc43)CC2)cc1OC. The molecule has 1 aliphatic carbocycles. The molecule has 0 aromatic heterocycles. The third-order valence-corrected chi connectivity index (χ3v) is 6.23. The number of piperazine rings is 1. The summed E-state index contributed by atoms with van der Waals surface area (Å²) >= 11 is 0. The van der Waals surface area contributed by atoms with Crippen molar-refractivity contribution >= 4 is 6.21 Å². The first kappa shape index (κ1) is 19.6. The molecule has 31 heavy (non-hydrogen) atoms. The average Bonchev–Trinajstić information content (AvgIpc) is 3.17. The van der Waals surface area contributed by atoms with E-state index in [9.17, 15) is 0 Å². The van der Waals surface area contributed by atoms with E-state index in [2.05, 4.69) is 58.4 Å². The van der Waals surface area contributed by atoms with Crippen LogP contribution in [0, 0.1) is 0 Å². The fraction of sp³-hybridized carbons (Fsp3) is 0.269. The van der Waals surface area contributed by atoms with E-state index in [4.69, 9.17) is 14.6 Å². The number of nitrogens with zero attached hydrogens (tertiary/aromatic N) is 3. The number of hydrogen-bond donors (Lipinski definition) is 0. The van der Waals surface area contributed by atoms with Gasteiger partial charge in [0.05, 0.1) is 26.5 Å². The van der Waals surface area contributed by atoms with E-state index in [1.54, 1.807) is 14.2 Å². The molecule has 0 amide bonds. The fourth-order valence-corrected chi connectivity index (χ4v) is 4.69. The van der Waals surface area contributed by atoms with Crippen LogP contribution in [0.2, 0.25) is 0 Å². The van der Waals surface area contributed by atoms with Crippen molar-refractivity contribution in [1.82, 2.24) is 9.91 Å². The van der Waals surface area contributed by atoms with Crippen LogP contribution in [0.3, 0.4) is 0 Å². The minimum atomic E-state index is 0.337. The lowest BCUT2D eigenvalue weighted by atomic mass is 10.0. The summed E-state index contributed by atoms with van der Waals surface area (Å²) in [5.41, 5.74) is 6.59. The second-order valence-electron chi connectivity index (χ2n) is 7.93. The molecule has 1 heterocycles. The Kier molecular flexibility index (Phi) is 5.35. The molecule has 5 nitrogen and oxygen atoms in total. The van der Waals surface area contributed by atoms with Crippen LogP contribution in [0.15, 0.2) is 71.8 Å². The molecular formula is C26H27N3O2. The summed E-state index contributed by atoms with van der Waals surface area (Å²) in [6, 6.07) is 23.8. The molecule has 0 spiro atoms. The number of hydrazone groups is 1. The lowest BCUT2D eigenvalue weighted by Gasteiger charge is -2.37. The summed E-state index contributed by atoms with van der Waals surface area (Å²) in [6.45, 7) is 3.78. The Labute approximate surface area is 183 Å². The maximum Gasteiger partial charge on any atom is 0.161 e. The highest BCUT2D eigenvalue weighted by atomic mass is 16.5. The monoisotopic (exact) mass is 413 g/mol. The molecule has 3 aromatic carbocycles. The van der Waals surface area contributed by atoms with Crippen LogP contribution in [-0.4, -0.2) is 56.5 Å². The first-order valence-corrected chi connectivity index (χ1v) is 10.7. The predicted octanol–water partition coefficient (Wildman–Crippen LogP) is 4.43. The maximum atomic E-state index is 5.39. The Bertz CT molecular complexity index is 1060. The number of fused-ring (bicyclic) bond motifs is 3. The predicted molar refractivity (Wildman–Crippen MR) is 124 cm³/mol. The van der Waals surface area contributed by atoms with Gasteiger partial charge in [0.15, 0.2) is 11.5 Å². The van der Waals surface area contributed by atoms with Gasteiger partial charge < -0.3 is 9.47 Å². The van der Waals surface area contributed by atoms with Crippen molar-refractivity contribution in [3.05, 3.63) is 83.4 Å². The van der Waals surface area contributed by atoms with Gasteiger partial charge in [0.1, 0.15) is 0 Å². The normalized spacial score (nSPS) is 16.4. The van der Waals surface area contributed by atoms with Crippen molar-refractivity contribution in [2.24, 2.45) is 5.10 Å². The van der Waals surface area contributed by atoms with E-state index in [0.29, 0.717) is 6.04 Å². The largest absolute Gasteiger partial charge is 0.493 e. The van der Waals surface area contributed by atoms with E-state index in [0.717, 1.165) is 43.2 Å². The van der Waals surface area contributed by atoms with Crippen LogP contribution in [0.4, 0.5) is 0 Å². The summed E-state index contributed by atoms with van der Waals surface area (Å²) in [5, 5.41) is 6.87. The molecule has 158 valence electrons. The zero-order chi connectivity index (χ0) is 21.2. The quantitative estimate of drug-likeness (QED) is 0.580. The minimum Gasteiger partial charge on any atom is -0.493 e. The van der Waals surface area contributed by atoms with Gasteiger partial charge in [-0.15, -0.1) is 0 Å². The van der Waals surface area contributed by atoms with Crippen LogP contribution < -0.4 is 9.47 Å². The van der Waals surface area contributed by atoms with Crippen molar-refractivity contribution in [1.29, 1.82) is 0 Å². The molecule has 0 atom stereocenters. The van der Waals surface area contributed by atoms with Gasteiger partial charge in [-0.05, 0) is 46.0 Å². The first-order valence-electron chi connectivity index (χ1n) is 10.7. The third kappa shape index (κ3) is 3.66. The number of rotatable bonds is 5. The molecule has 0 unspecified atom stereocenters. The molecule has 5 heteroatoms. The second kappa shape index (κ2) is 8.44. The smallest absolute Gasteiger partial charge is 0.161 e. The second-order valence-corrected chi connectivity index (χ2v) is 7.93. The molecule has 1 fully saturated rings. The Hall–Kier alpha value is -3.31. The van der Waals surface area contributed by atoms with Crippen LogP contribution in [-0.2, 0) is 0 Å². The Balaban J connectivity index is 1.29. The molecule has 2 aliphatic rings. The highest BCUT2D eigenvalue weighted by Gasteiger charge is 2.33. The van der Waals surface area contributed by atoms with Crippen LogP contribution in [0.25, 0.3) is 11.1 Å². The van der Waals surface area contributed by atoms with E-state index in [1.165, 1.54) is 22.3 Å². The standard InChI is InChI=1S/C26H27N3O2/c1-30-24-12-11-19(17-25(24)31-2)18-27-29-15-13-28(14-16-29)26-22-9-5-3-7-20(22)21-8-4-6-10-23(21)26/h3-12,17-18,26H,13-16H2,1-2H3/b27-18-. The van der Waals surface area contributed by atoms with Crippen LogP contribution in [0.1, 0.15) is 22.7 Å². The van der Waals surface area contributed by atoms with Gasteiger partial charge in [0.2, 0.25) is 0 Å². The Morgan fingerprint density at radius 3 is 2.00 bits per heavy atom. The molecule has 0 bridgehead atoms. The van der Waals surface area contributed by atoms with Gasteiger partial charge in [-0.25, -0.2) is 0 Å². The maximum absolute atomic E-state index is 5.39. The van der Waals surface area contributed by atoms with Crippen molar-refractivity contribution in [2.75, 3.05) is 40.4 Å². The third-order valence-electron chi connectivity index (χ3n) is 6.23. The molecule has 1 saturated heterocycles. The zero-order valence-corrected chi connectivity index (χ0v) is 18.0. The van der Waals surface area contributed by atoms with Crippen molar-refractivity contribution in [3.63, 3.8) is 0 Å². The summed E-state index contributed by atoms with van der Waals surface area (Å²) < 4.78 is 10.7. The molecule has 5 rings (SSSR count). The van der Waals surface area contributed by atoms with E-state index < -0.39 is 0 Å². The summed E-state index contributed by atoms with van der Waals surface area (Å²) in [7, 11) is 3.30. The number of ether oxygens (including phenoxy) is 2. The van der Waals surface area contributed by atoms with Gasteiger partial charge in [-0.1, -0.05) is 48.5 Å². The number of hydrogen-bond acceptors (Lipinski definition) is 5. The Morgan fingerprint density at radius 2 is 1.39 bits per heavy atom. The summed E-state index contributed by atoms with van der Waals surface area (Å²) in [4.78, 5) is 2.59. The molecule has 0 saturated carbocycles. The zero-order valence-electron chi connectivity index (χ0n) is 18.0. The first-order chi connectivity index (χ1) is 15.3. The fourth-order valence-electron chi connectivity index (χ4n) is 4.69. The van der Waals surface area contributed by atoms with E-state index >= 15 is 0 Å². The highest BCUT2D eigenvalue weighted by Crippen LogP contribution is 2.46. The lowest BCUT2D eigenvalue weighted by Crippen LogP contribution is -2.45. The van der Waals surface area contributed by atoms with Gasteiger partial charge in [-0.3, -0.25) is 9.91 Å². The number of methoxy groups -OCH3 is 2. The lowest BCUT2D eigenvalue weighted by molar-refractivity contribution is 0.114. The van der Waals surface area contributed by atoms with Gasteiger partial charge in [-0.2, -0.15) is 5.10 Å². The Morgan fingerprint density at radius 1 is 0.774 bits per heavy atom. The van der Waals surface area contributed by atoms with Gasteiger partial charge in [0, 0.05) is 26.2 Å².